The van der Waals surface area contributed by atoms with Gasteiger partial charge >= 0.3 is 0 Å². The number of piperidine rings is 1. The Morgan fingerprint density at radius 2 is 2.08 bits per heavy atom. The zero-order valence-corrected chi connectivity index (χ0v) is 15.0. The molecule has 1 fully saturated rings. The van der Waals surface area contributed by atoms with Gasteiger partial charge in [0.2, 0.25) is 5.91 Å². The predicted molar refractivity (Wildman–Crippen MR) is 96.7 cm³/mol. The van der Waals surface area contributed by atoms with Crippen molar-refractivity contribution in [2.24, 2.45) is 11.7 Å². The minimum absolute atomic E-state index is 0.0895. The Balaban J connectivity index is 1.66. The van der Waals surface area contributed by atoms with E-state index in [1.807, 2.05) is 11.0 Å². The summed E-state index contributed by atoms with van der Waals surface area (Å²) in [5, 5.41) is 0.558. The highest BCUT2D eigenvalue weighted by atomic mass is 79.9. The van der Waals surface area contributed by atoms with Gasteiger partial charge in [0, 0.05) is 30.5 Å². The fourth-order valence-corrected chi connectivity index (χ4v) is 3.44. The molecule has 7 heteroatoms. The second kappa shape index (κ2) is 7.44. The third-order valence-corrected chi connectivity index (χ3v) is 5.15. The van der Waals surface area contributed by atoms with E-state index in [9.17, 15) is 9.59 Å². The molecule has 0 bridgehead atoms. The predicted octanol–water partition coefficient (Wildman–Crippen LogP) is 1.75. The molecular weight excluding hydrogens is 372 g/mol. The van der Waals surface area contributed by atoms with E-state index in [2.05, 4.69) is 20.9 Å². The summed E-state index contributed by atoms with van der Waals surface area (Å²) < 4.78 is 2.35. The number of nitrogens with zero attached hydrogens (tertiary/aromatic N) is 3. The van der Waals surface area contributed by atoms with Crippen molar-refractivity contribution in [1.29, 1.82) is 0 Å². The number of likely N-dealkylation sites (tertiary alicyclic amines) is 1. The molecule has 0 saturated carbocycles. The number of nitrogens with two attached hydrogens (primary N) is 1. The van der Waals surface area contributed by atoms with E-state index >= 15 is 0 Å². The Labute approximate surface area is 148 Å². The molecule has 128 valence electrons. The van der Waals surface area contributed by atoms with Gasteiger partial charge < -0.3 is 10.6 Å². The first-order valence-corrected chi connectivity index (χ1v) is 9.00. The van der Waals surface area contributed by atoms with Crippen LogP contribution in [0.1, 0.15) is 19.3 Å². The minimum atomic E-state index is -0.115. The highest BCUT2D eigenvalue weighted by Crippen LogP contribution is 2.17. The second-order valence-corrected chi connectivity index (χ2v) is 7.13. The number of amides is 1. The average Bonchev–Trinajstić information content (AvgIpc) is 2.61. The van der Waals surface area contributed by atoms with Gasteiger partial charge in [-0.3, -0.25) is 14.2 Å². The zero-order chi connectivity index (χ0) is 17.1. The Morgan fingerprint density at radius 1 is 1.33 bits per heavy atom. The van der Waals surface area contributed by atoms with Crippen LogP contribution in [0.3, 0.4) is 0 Å². The summed E-state index contributed by atoms with van der Waals surface area (Å²) >= 11 is 3.37. The molecule has 3 rings (SSSR count). The standard InChI is InChI=1S/C17H21BrN4O2/c18-13-1-2-15-14(9-13)17(24)22(11-20-15)8-5-16(23)21-6-3-12(10-19)4-7-21/h1-2,9,11-12H,3-8,10,19H2. The molecule has 6 nitrogen and oxygen atoms in total. The number of carbonyl (C=O) groups excluding carboxylic acids is 1. The maximum Gasteiger partial charge on any atom is 0.261 e. The minimum Gasteiger partial charge on any atom is -0.343 e. The van der Waals surface area contributed by atoms with Crippen LogP contribution in [0, 0.1) is 5.92 Å². The van der Waals surface area contributed by atoms with Crippen LogP contribution in [0.2, 0.25) is 0 Å². The monoisotopic (exact) mass is 392 g/mol. The first-order chi connectivity index (χ1) is 11.6. The van der Waals surface area contributed by atoms with Crippen molar-refractivity contribution in [2.45, 2.75) is 25.8 Å². The molecule has 1 aliphatic heterocycles. The summed E-state index contributed by atoms with van der Waals surface area (Å²) in [5.41, 5.74) is 6.23. The molecule has 0 aliphatic carbocycles. The lowest BCUT2D eigenvalue weighted by Gasteiger charge is -2.31. The van der Waals surface area contributed by atoms with Crippen LogP contribution in [0.4, 0.5) is 0 Å². The molecule has 0 unspecified atom stereocenters. The first kappa shape index (κ1) is 17.1. The summed E-state index contributed by atoms with van der Waals surface area (Å²) in [6.45, 7) is 2.57. The van der Waals surface area contributed by atoms with E-state index in [1.54, 1.807) is 12.1 Å². The third kappa shape index (κ3) is 3.67. The van der Waals surface area contributed by atoms with E-state index in [0.717, 1.165) is 30.4 Å². The molecule has 2 N–H and O–H groups in total. The number of halogens is 1. The van der Waals surface area contributed by atoms with Gasteiger partial charge in [0.25, 0.3) is 5.56 Å². The Kier molecular flexibility index (Phi) is 5.30. The summed E-state index contributed by atoms with van der Waals surface area (Å²) in [5.74, 6) is 0.617. The Bertz CT molecular complexity index is 797. The average molecular weight is 393 g/mol. The van der Waals surface area contributed by atoms with E-state index in [4.69, 9.17) is 5.73 Å². The lowest BCUT2D eigenvalue weighted by atomic mass is 9.97. The molecule has 1 amide bonds. The molecule has 2 aromatic rings. The number of rotatable bonds is 4. The number of fused-ring (bicyclic) bond motifs is 1. The van der Waals surface area contributed by atoms with Crippen molar-refractivity contribution in [2.75, 3.05) is 19.6 Å². The molecule has 1 saturated heterocycles. The van der Waals surface area contributed by atoms with E-state index in [1.165, 1.54) is 10.9 Å². The Hall–Kier alpha value is -1.73. The van der Waals surface area contributed by atoms with Gasteiger partial charge in [-0.1, -0.05) is 15.9 Å². The maximum absolute atomic E-state index is 12.5. The summed E-state index contributed by atoms with van der Waals surface area (Å²) in [7, 11) is 0. The van der Waals surface area contributed by atoms with Crippen molar-refractivity contribution < 1.29 is 4.79 Å². The number of hydrogen-bond donors (Lipinski definition) is 1. The number of carbonyl (C=O) groups is 1. The molecule has 1 aromatic carbocycles. The van der Waals surface area contributed by atoms with Gasteiger partial charge in [-0.2, -0.15) is 0 Å². The number of hydrogen-bond acceptors (Lipinski definition) is 4. The van der Waals surface area contributed by atoms with Gasteiger partial charge in [0.1, 0.15) is 0 Å². The molecular formula is C17H21BrN4O2. The lowest BCUT2D eigenvalue weighted by Crippen LogP contribution is -2.40. The zero-order valence-electron chi connectivity index (χ0n) is 13.4. The van der Waals surface area contributed by atoms with Crippen LogP contribution in [-0.2, 0) is 11.3 Å². The summed E-state index contributed by atoms with van der Waals surface area (Å²) in [6, 6.07) is 5.42. The Morgan fingerprint density at radius 3 is 2.79 bits per heavy atom. The van der Waals surface area contributed by atoms with Crippen molar-refractivity contribution in [1.82, 2.24) is 14.5 Å². The summed E-state index contributed by atoms with van der Waals surface area (Å²) in [6.07, 6.45) is 3.77. The smallest absolute Gasteiger partial charge is 0.261 e. The van der Waals surface area contributed by atoms with Crippen LogP contribution in [0.5, 0.6) is 0 Å². The fraction of sp³-hybridized carbons (Fsp3) is 0.471. The highest BCUT2D eigenvalue weighted by molar-refractivity contribution is 9.10. The number of benzene rings is 1. The van der Waals surface area contributed by atoms with Crippen molar-refractivity contribution in [3.05, 3.63) is 39.4 Å². The lowest BCUT2D eigenvalue weighted by molar-refractivity contribution is -0.132. The SMILES string of the molecule is NCC1CCN(C(=O)CCn2cnc3ccc(Br)cc3c2=O)CC1. The molecule has 0 atom stereocenters. The molecule has 24 heavy (non-hydrogen) atoms. The molecule has 1 aromatic heterocycles. The van der Waals surface area contributed by atoms with Crippen LogP contribution in [0.25, 0.3) is 10.9 Å². The van der Waals surface area contributed by atoms with Crippen LogP contribution >= 0.6 is 15.9 Å². The van der Waals surface area contributed by atoms with E-state index < -0.39 is 0 Å². The largest absolute Gasteiger partial charge is 0.343 e. The third-order valence-electron chi connectivity index (χ3n) is 4.65. The van der Waals surface area contributed by atoms with E-state index in [0.29, 0.717) is 36.3 Å². The van der Waals surface area contributed by atoms with E-state index in [-0.39, 0.29) is 11.5 Å². The van der Waals surface area contributed by atoms with Crippen molar-refractivity contribution in [3.8, 4) is 0 Å². The van der Waals surface area contributed by atoms with Gasteiger partial charge in [-0.15, -0.1) is 0 Å². The van der Waals surface area contributed by atoms with Crippen molar-refractivity contribution >= 4 is 32.7 Å². The van der Waals surface area contributed by atoms with Crippen LogP contribution in [-0.4, -0.2) is 40.0 Å². The van der Waals surface area contributed by atoms with Gasteiger partial charge in [0.05, 0.1) is 17.2 Å². The number of aromatic nitrogens is 2. The molecule has 2 heterocycles. The normalized spacial score (nSPS) is 15.8. The van der Waals surface area contributed by atoms with Crippen LogP contribution < -0.4 is 11.3 Å². The maximum atomic E-state index is 12.5. The molecule has 0 radical (unpaired) electrons. The second-order valence-electron chi connectivity index (χ2n) is 6.21. The summed E-state index contributed by atoms with van der Waals surface area (Å²) in [4.78, 5) is 31.0. The van der Waals surface area contributed by atoms with Gasteiger partial charge in [-0.05, 0) is 43.5 Å². The molecule has 1 aliphatic rings. The van der Waals surface area contributed by atoms with Gasteiger partial charge in [0.15, 0.2) is 0 Å². The topological polar surface area (TPSA) is 81.2 Å². The number of aryl methyl sites for hydroxylation is 1. The molecule has 0 spiro atoms. The fourth-order valence-electron chi connectivity index (χ4n) is 3.08. The quantitative estimate of drug-likeness (QED) is 0.858. The van der Waals surface area contributed by atoms with Crippen LogP contribution in [0.15, 0.2) is 33.8 Å². The highest BCUT2D eigenvalue weighted by Gasteiger charge is 2.21. The van der Waals surface area contributed by atoms with Crippen molar-refractivity contribution in [3.63, 3.8) is 0 Å². The first-order valence-electron chi connectivity index (χ1n) is 8.21. The van der Waals surface area contributed by atoms with Gasteiger partial charge in [-0.25, -0.2) is 4.98 Å².